The van der Waals surface area contributed by atoms with Crippen molar-refractivity contribution in [3.8, 4) is 0 Å². The lowest BCUT2D eigenvalue weighted by Gasteiger charge is -2.36. The maximum atomic E-state index is 8.55. The molecule has 0 aliphatic rings. The van der Waals surface area contributed by atoms with E-state index in [1.165, 1.54) is 110 Å². The highest BCUT2D eigenvalue weighted by Crippen LogP contribution is 2.13. The smallest absolute Gasteiger partial charge is 0.0661 e. The molecule has 0 rings (SSSR count). The summed E-state index contributed by atoms with van der Waals surface area (Å²) in [4.78, 5) is 29.9. The maximum absolute atomic E-state index is 8.55. The molecule has 0 aliphatic carbocycles. The lowest BCUT2D eigenvalue weighted by atomic mass is 10.0. The van der Waals surface area contributed by atoms with Gasteiger partial charge in [-0.1, -0.05) is 106 Å². The second kappa shape index (κ2) is 38.0. The molecule has 214 valence electrons. The average molecular weight is 581 g/mol. The van der Waals surface area contributed by atoms with Crippen LogP contribution >= 0.6 is 23.8 Å². The summed E-state index contributed by atoms with van der Waals surface area (Å²) in [6, 6.07) is 0. The van der Waals surface area contributed by atoms with Crippen molar-refractivity contribution in [2.24, 2.45) is 0 Å². The zero-order chi connectivity index (χ0) is 27.8. The average Bonchev–Trinajstić information content (AvgIpc) is 2.63. The van der Waals surface area contributed by atoms with Gasteiger partial charge in [0.05, 0.1) is 63.4 Å². The van der Waals surface area contributed by atoms with Crippen molar-refractivity contribution in [2.45, 2.75) is 96.8 Å². The molecule has 0 bridgehead atoms. The minimum Gasteiger partial charge on any atom is -0.822 e. The van der Waals surface area contributed by atoms with Crippen molar-refractivity contribution < 1.29 is 33.9 Å². The second-order valence-electron chi connectivity index (χ2n) is 10.2. The lowest BCUT2D eigenvalue weighted by molar-refractivity contribution is -0.836. The number of hydrogen-bond acceptors (Lipinski definition) is 4. The molecule has 0 fully saturated rings. The van der Waals surface area contributed by atoms with Crippen LogP contribution in [0.2, 0.25) is 0 Å². The molecule has 3 N–H and O–H groups in total. The molecule has 0 spiro atoms. The van der Waals surface area contributed by atoms with Crippen molar-refractivity contribution in [3.05, 3.63) is 0 Å². The number of halogens is 1. The summed E-state index contributed by atoms with van der Waals surface area (Å²) in [6.45, 7) is 2.29. The number of quaternary nitrogens is 3. The van der Waals surface area contributed by atoms with Crippen LogP contribution in [0.25, 0.3) is 0 Å². The van der Waals surface area contributed by atoms with E-state index >= 15 is 0 Å². The number of phosphoric acid groups is 1. The van der Waals surface area contributed by atoms with Gasteiger partial charge in [-0.15, -0.1) is 0 Å². The van der Waals surface area contributed by atoms with Gasteiger partial charge in [0.15, 0.2) is 0 Å². The standard InChI is InChI=1S/C16H33Br.3C3H9N.H3O4P/c1-2-3-4-5-6-7-8-9-10-11-12-13-14-15-16-17;3*1-4(2)3;1-5(2,3)4/h2-16H2,1H3;3*1-3H3;(H3,1,2,3,4). The Morgan fingerprint density at radius 1 is 0.500 bits per heavy atom. The van der Waals surface area contributed by atoms with Crippen LogP contribution in [0.3, 0.4) is 0 Å². The molecule has 0 saturated heterocycles. The fraction of sp³-hybridized carbons (Fsp3) is 1.00. The molecule has 7 nitrogen and oxygen atoms in total. The Balaban J connectivity index is -0.000000133. The van der Waals surface area contributed by atoms with Gasteiger partial charge in [0.25, 0.3) is 0 Å². The number of nitrogens with one attached hydrogen (secondary N) is 3. The molecular formula is C25H63BrN3O4P. The van der Waals surface area contributed by atoms with Crippen LogP contribution in [0.1, 0.15) is 96.8 Å². The molecule has 0 radical (unpaired) electrons. The van der Waals surface area contributed by atoms with E-state index in [2.05, 4.69) is 86.3 Å². The zero-order valence-corrected chi connectivity index (χ0v) is 27.0. The number of unbranched alkanes of at least 4 members (excludes halogenated alkanes) is 13. The number of alkyl halides is 1. The third-order valence-electron chi connectivity index (χ3n) is 3.49. The fourth-order valence-electron chi connectivity index (χ4n) is 2.29. The van der Waals surface area contributed by atoms with E-state index in [-0.39, 0.29) is 0 Å². The van der Waals surface area contributed by atoms with E-state index in [1.807, 2.05) is 0 Å². The van der Waals surface area contributed by atoms with Crippen LogP contribution in [0, 0.1) is 0 Å². The van der Waals surface area contributed by atoms with Crippen molar-refractivity contribution in [1.29, 1.82) is 0 Å². The predicted molar refractivity (Wildman–Crippen MR) is 148 cm³/mol. The van der Waals surface area contributed by atoms with Gasteiger partial charge >= 0.3 is 0 Å². The normalized spacial score (nSPS) is 10.4. The van der Waals surface area contributed by atoms with Gasteiger partial charge in [-0.05, 0) is 6.42 Å². The van der Waals surface area contributed by atoms with Crippen molar-refractivity contribution in [1.82, 2.24) is 0 Å². The third-order valence-corrected chi connectivity index (χ3v) is 4.05. The first-order valence-corrected chi connectivity index (χ1v) is 15.8. The predicted octanol–water partition coefficient (Wildman–Crippen LogP) is 0.320. The minimum atomic E-state index is -5.39. The van der Waals surface area contributed by atoms with E-state index in [1.54, 1.807) is 0 Å². The van der Waals surface area contributed by atoms with Crippen LogP contribution < -0.4 is 29.4 Å². The maximum Gasteiger partial charge on any atom is 0.0661 e. The topological polar surface area (TPSA) is 99.6 Å². The van der Waals surface area contributed by atoms with Gasteiger partial charge in [0, 0.05) is 5.33 Å². The molecule has 0 saturated carbocycles. The largest absolute Gasteiger partial charge is 0.822 e. The SMILES string of the molecule is CCCCCCCCCCCCCCCCBr.C[NH+](C)C.C[NH+](C)C.C[NH+](C)C.O=P([O-])([O-])[O-]. The van der Waals surface area contributed by atoms with E-state index in [0.29, 0.717) is 0 Å². The molecule has 34 heavy (non-hydrogen) atoms. The third kappa shape index (κ3) is 154. The first kappa shape index (κ1) is 44.5. The lowest BCUT2D eigenvalue weighted by Crippen LogP contribution is -3.02. The first-order chi connectivity index (χ1) is 15.6. The molecule has 0 amide bonds. The quantitative estimate of drug-likeness (QED) is 0.157. The molecule has 0 unspecified atom stereocenters. The van der Waals surface area contributed by atoms with E-state index in [4.69, 9.17) is 19.2 Å². The molecule has 0 aromatic carbocycles. The van der Waals surface area contributed by atoms with Crippen molar-refractivity contribution in [2.75, 3.05) is 68.8 Å². The number of rotatable bonds is 14. The molecule has 0 aliphatic heterocycles. The van der Waals surface area contributed by atoms with E-state index in [0.717, 1.165) is 0 Å². The van der Waals surface area contributed by atoms with Crippen LogP contribution in [0.5, 0.6) is 0 Å². The summed E-state index contributed by atoms with van der Waals surface area (Å²) in [5.74, 6) is 0. The fourth-order valence-corrected chi connectivity index (χ4v) is 2.69. The van der Waals surface area contributed by atoms with Crippen LogP contribution in [0.4, 0.5) is 0 Å². The highest BCUT2D eigenvalue weighted by Gasteiger charge is 1.93. The molecule has 0 aromatic heterocycles. The highest BCUT2D eigenvalue weighted by molar-refractivity contribution is 9.09. The number of hydrogen-bond donors (Lipinski definition) is 3. The highest BCUT2D eigenvalue weighted by atomic mass is 79.9. The Morgan fingerprint density at radius 2 is 0.647 bits per heavy atom. The van der Waals surface area contributed by atoms with Crippen LogP contribution in [0.15, 0.2) is 0 Å². The molecular weight excluding hydrogens is 517 g/mol. The van der Waals surface area contributed by atoms with E-state index in [9.17, 15) is 0 Å². The minimum absolute atomic E-state index is 1.19. The monoisotopic (exact) mass is 579 g/mol. The molecule has 0 heterocycles. The van der Waals surface area contributed by atoms with Gasteiger partial charge in [0.2, 0.25) is 0 Å². The zero-order valence-electron chi connectivity index (χ0n) is 24.6. The van der Waals surface area contributed by atoms with Gasteiger partial charge in [-0.25, -0.2) is 0 Å². The van der Waals surface area contributed by atoms with E-state index < -0.39 is 7.82 Å². The summed E-state index contributed by atoms with van der Waals surface area (Å²) >= 11 is 3.48. The Labute approximate surface area is 223 Å². The molecule has 0 aromatic rings. The summed E-state index contributed by atoms with van der Waals surface area (Å²) in [6.07, 6.45) is 20.3. The van der Waals surface area contributed by atoms with Crippen LogP contribution in [-0.4, -0.2) is 68.8 Å². The second-order valence-corrected chi connectivity index (χ2v) is 11.9. The van der Waals surface area contributed by atoms with Crippen LogP contribution in [-0.2, 0) is 4.57 Å². The Bertz CT molecular complexity index is 327. The van der Waals surface area contributed by atoms with Gasteiger partial charge in [0.1, 0.15) is 0 Å². The van der Waals surface area contributed by atoms with Crippen molar-refractivity contribution >= 4 is 23.8 Å². The molecule has 9 heteroatoms. The first-order valence-electron chi connectivity index (χ1n) is 13.2. The molecule has 0 atom stereocenters. The van der Waals surface area contributed by atoms with Crippen molar-refractivity contribution in [3.63, 3.8) is 0 Å². The van der Waals surface area contributed by atoms with Gasteiger partial charge in [-0.2, -0.15) is 7.82 Å². The summed E-state index contributed by atoms with van der Waals surface area (Å²) in [5, 5.41) is 1.19. The Morgan fingerprint density at radius 3 is 0.794 bits per heavy atom. The summed E-state index contributed by atoms with van der Waals surface area (Å²) in [7, 11) is 13.4. The Hall–Kier alpha value is 0.470. The van der Waals surface area contributed by atoms with Gasteiger partial charge in [-0.3, -0.25) is 0 Å². The Kier molecular flexibility index (Phi) is 49.7. The van der Waals surface area contributed by atoms with Gasteiger partial charge < -0.3 is 33.9 Å². The summed E-state index contributed by atoms with van der Waals surface area (Å²) < 4.78 is 8.55. The summed E-state index contributed by atoms with van der Waals surface area (Å²) in [5.41, 5.74) is 0.